The van der Waals surface area contributed by atoms with Gasteiger partial charge in [0.05, 0.1) is 0 Å². The molecule has 1 N–H and O–H groups in total. The van der Waals surface area contributed by atoms with Crippen LogP contribution in [-0.2, 0) is 9.53 Å². The van der Waals surface area contributed by atoms with Crippen molar-refractivity contribution in [1.29, 1.82) is 0 Å². The van der Waals surface area contributed by atoms with Crippen molar-refractivity contribution in [2.24, 2.45) is 5.41 Å². The van der Waals surface area contributed by atoms with Crippen molar-refractivity contribution in [3.63, 3.8) is 0 Å². The fourth-order valence-electron chi connectivity index (χ4n) is 1.78. The second kappa shape index (κ2) is 3.92. The summed E-state index contributed by atoms with van der Waals surface area (Å²) in [5.41, 5.74) is -0.390. The summed E-state index contributed by atoms with van der Waals surface area (Å²) in [5.74, 6) is -0.998. The van der Waals surface area contributed by atoms with Gasteiger partial charge in [0, 0.05) is 12.0 Å². The smallest absolute Gasteiger partial charge is 0.410 e. The van der Waals surface area contributed by atoms with Crippen molar-refractivity contribution in [1.82, 2.24) is 4.90 Å². The van der Waals surface area contributed by atoms with Crippen molar-refractivity contribution >= 4 is 12.1 Å². The predicted octanol–water partition coefficient (Wildman–Crippen LogP) is 1.10. The van der Waals surface area contributed by atoms with Gasteiger partial charge < -0.3 is 9.84 Å². The van der Waals surface area contributed by atoms with Gasteiger partial charge >= 0.3 is 12.1 Å². The number of ether oxygens (including phenoxy) is 1. The van der Waals surface area contributed by atoms with Gasteiger partial charge in [0.15, 0.2) is 0 Å². The maximum Gasteiger partial charge on any atom is 0.410 e. The van der Waals surface area contributed by atoms with Crippen LogP contribution in [0.25, 0.3) is 0 Å². The van der Waals surface area contributed by atoms with Gasteiger partial charge in [-0.15, -0.1) is 0 Å². The molecule has 1 rings (SSSR count). The number of aliphatic carboxylic acids is 1. The Balaban J connectivity index is 2.62. The second-order valence-corrected chi connectivity index (χ2v) is 4.22. The highest BCUT2D eigenvalue weighted by Gasteiger charge is 2.53. The Kier molecular flexibility index (Phi) is 3.02. The molecule has 15 heavy (non-hydrogen) atoms. The number of likely N-dealkylation sites (tertiary alicyclic amines) is 1. The van der Waals surface area contributed by atoms with Gasteiger partial charge in [-0.2, -0.15) is 0 Å². The van der Waals surface area contributed by atoms with Gasteiger partial charge in [-0.1, -0.05) is 26.5 Å². The topological polar surface area (TPSA) is 66.8 Å². The molecule has 84 valence electrons. The summed E-state index contributed by atoms with van der Waals surface area (Å²) in [6, 6.07) is -0.796. The number of carboxylic acids is 1. The minimum Gasteiger partial charge on any atom is -0.480 e. The Morgan fingerprint density at radius 1 is 1.67 bits per heavy atom. The van der Waals surface area contributed by atoms with E-state index < -0.39 is 18.1 Å². The molecule has 1 atom stereocenters. The van der Waals surface area contributed by atoms with Crippen LogP contribution in [0.3, 0.4) is 0 Å². The van der Waals surface area contributed by atoms with E-state index in [1.165, 1.54) is 11.0 Å². The third-order valence-corrected chi connectivity index (χ3v) is 2.42. The molecule has 0 aromatic rings. The molecule has 1 amide bonds. The van der Waals surface area contributed by atoms with Crippen LogP contribution in [-0.4, -0.2) is 41.3 Å². The van der Waals surface area contributed by atoms with E-state index in [4.69, 9.17) is 9.84 Å². The van der Waals surface area contributed by atoms with Gasteiger partial charge in [-0.3, -0.25) is 4.90 Å². The van der Waals surface area contributed by atoms with Gasteiger partial charge in [0.1, 0.15) is 12.6 Å². The zero-order valence-corrected chi connectivity index (χ0v) is 8.90. The van der Waals surface area contributed by atoms with Crippen molar-refractivity contribution in [2.45, 2.75) is 19.9 Å². The number of carbonyl (C=O) groups is 2. The maximum atomic E-state index is 11.4. The van der Waals surface area contributed by atoms with Crippen molar-refractivity contribution in [2.75, 3.05) is 13.2 Å². The van der Waals surface area contributed by atoms with Crippen molar-refractivity contribution in [3.05, 3.63) is 12.7 Å². The Morgan fingerprint density at radius 2 is 2.27 bits per heavy atom. The Labute approximate surface area is 88.3 Å². The molecule has 0 aromatic carbocycles. The van der Waals surface area contributed by atoms with E-state index >= 15 is 0 Å². The van der Waals surface area contributed by atoms with Gasteiger partial charge in [0.2, 0.25) is 0 Å². The lowest BCUT2D eigenvalue weighted by molar-refractivity contribution is -0.158. The lowest BCUT2D eigenvalue weighted by Crippen LogP contribution is -2.67. The molecule has 5 nitrogen and oxygen atoms in total. The average Bonchev–Trinajstić information content (AvgIpc) is 2.09. The molecule has 0 saturated carbocycles. The SMILES string of the molecule is C=CCOC(=O)N1CC(C)(C)C1C(=O)O. The summed E-state index contributed by atoms with van der Waals surface area (Å²) in [6.45, 7) is 7.53. The number of carboxylic acid groups (broad SMARTS) is 1. The first-order valence-electron chi connectivity index (χ1n) is 4.67. The molecule has 1 heterocycles. The third kappa shape index (κ3) is 2.11. The second-order valence-electron chi connectivity index (χ2n) is 4.22. The van der Waals surface area contributed by atoms with E-state index in [1.807, 2.05) is 13.8 Å². The normalized spacial score (nSPS) is 22.8. The van der Waals surface area contributed by atoms with Gasteiger partial charge in [-0.05, 0) is 0 Å². The Bertz CT molecular complexity index is 298. The molecule has 0 spiro atoms. The molecule has 0 aromatic heterocycles. The fourth-order valence-corrected chi connectivity index (χ4v) is 1.78. The molecule has 1 aliphatic heterocycles. The number of rotatable bonds is 3. The minimum absolute atomic E-state index is 0.0993. The Hall–Kier alpha value is -1.52. The van der Waals surface area contributed by atoms with Crippen molar-refractivity contribution < 1.29 is 19.4 Å². The van der Waals surface area contributed by atoms with E-state index in [9.17, 15) is 9.59 Å². The van der Waals surface area contributed by atoms with Crippen LogP contribution in [0.1, 0.15) is 13.8 Å². The lowest BCUT2D eigenvalue weighted by atomic mass is 9.75. The summed E-state index contributed by atoms with van der Waals surface area (Å²) < 4.78 is 4.77. The van der Waals surface area contributed by atoms with Crippen molar-refractivity contribution in [3.8, 4) is 0 Å². The fraction of sp³-hybridized carbons (Fsp3) is 0.600. The van der Waals surface area contributed by atoms with Gasteiger partial charge in [-0.25, -0.2) is 9.59 Å². The molecule has 0 radical (unpaired) electrons. The highest BCUT2D eigenvalue weighted by atomic mass is 16.6. The maximum absolute atomic E-state index is 11.4. The zero-order chi connectivity index (χ0) is 11.6. The first-order chi connectivity index (χ1) is 6.90. The minimum atomic E-state index is -0.998. The molecule has 0 aliphatic carbocycles. The van der Waals surface area contributed by atoms with E-state index in [0.717, 1.165) is 0 Å². The first-order valence-corrected chi connectivity index (χ1v) is 4.67. The zero-order valence-electron chi connectivity index (χ0n) is 8.90. The van der Waals surface area contributed by atoms with E-state index in [0.29, 0.717) is 6.54 Å². The lowest BCUT2D eigenvalue weighted by Gasteiger charge is -2.50. The molecule has 1 fully saturated rings. The quantitative estimate of drug-likeness (QED) is 0.713. The summed E-state index contributed by atoms with van der Waals surface area (Å²) >= 11 is 0. The molecular weight excluding hydrogens is 198 g/mol. The number of hydrogen-bond acceptors (Lipinski definition) is 3. The third-order valence-electron chi connectivity index (χ3n) is 2.42. The highest BCUT2D eigenvalue weighted by molar-refractivity contribution is 5.83. The number of nitrogens with zero attached hydrogens (tertiary/aromatic N) is 1. The molecule has 1 saturated heterocycles. The standard InChI is InChI=1S/C10H15NO4/c1-4-5-15-9(14)11-6-10(2,3)7(11)8(12)13/h4,7H,1,5-6H2,2-3H3,(H,12,13). The van der Waals surface area contributed by atoms with Crippen LogP contribution >= 0.6 is 0 Å². The molecule has 1 aliphatic rings. The van der Waals surface area contributed by atoms with Crippen LogP contribution in [0.5, 0.6) is 0 Å². The first kappa shape index (κ1) is 11.6. The molecular formula is C10H15NO4. The predicted molar refractivity (Wildman–Crippen MR) is 53.5 cm³/mol. The van der Waals surface area contributed by atoms with Crippen LogP contribution in [0.4, 0.5) is 4.79 Å². The van der Waals surface area contributed by atoms with Crippen LogP contribution in [0.15, 0.2) is 12.7 Å². The highest BCUT2D eigenvalue weighted by Crippen LogP contribution is 2.37. The summed E-state index contributed by atoms with van der Waals surface area (Å²) in [6.07, 6.45) is 0.847. The summed E-state index contributed by atoms with van der Waals surface area (Å²) in [5, 5.41) is 8.94. The number of carbonyl (C=O) groups excluding carboxylic acids is 1. The van der Waals surface area contributed by atoms with Gasteiger partial charge in [0.25, 0.3) is 0 Å². The molecule has 5 heteroatoms. The van der Waals surface area contributed by atoms with E-state index in [1.54, 1.807) is 0 Å². The number of hydrogen-bond donors (Lipinski definition) is 1. The van der Waals surface area contributed by atoms with Crippen LogP contribution < -0.4 is 0 Å². The molecule has 0 bridgehead atoms. The molecule has 1 unspecified atom stereocenters. The Morgan fingerprint density at radius 3 is 2.67 bits per heavy atom. The number of amides is 1. The monoisotopic (exact) mass is 213 g/mol. The van der Waals surface area contributed by atoms with Crippen LogP contribution in [0, 0.1) is 5.41 Å². The summed E-state index contributed by atoms with van der Waals surface area (Å²) in [7, 11) is 0. The van der Waals surface area contributed by atoms with Crippen LogP contribution in [0.2, 0.25) is 0 Å². The largest absolute Gasteiger partial charge is 0.480 e. The summed E-state index contributed by atoms with van der Waals surface area (Å²) in [4.78, 5) is 23.5. The van der Waals surface area contributed by atoms with E-state index in [-0.39, 0.29) is 12.0 Å². The van der Waals surface area contributed by atoms with E-state index in [2.05, 4.69) is 6.58 Å². The average molecular weight is 213 g/mol.